The fourth-order valence-electron chi connectivity index (χ4n) is 2.97. The molecule has 0 atom stereocenters. The van der Waals surface area contributed by atoms with Gasteiger partial charge < -0.3 is 5.32 Å². The van der Waals surface area contributed by atoms with Gasteiger partial charge in [0.1, 0.15) is 0 Å². The molecule has 0 saturated heterocycles. The first kappa shape index (κ1) is 9.40. The molecule has 3 rings (SSSR count). The number of fused-ring (bicyclic) bond motifs is 1. The van der Waals surface area contributed by atoms with Crippen molar-refractivity contribution in [3.8, 4) is 0 Å². The zero-order chi connectivity index (χ0) is 10.3. The molecule has 0 bridgehead atoms. The van der Waals surface area contributed by atoms with Gasteiger partial charge in [0.25, 0.3) is 0 Å². The summed E-state index contributed by atoms with van der Waals surface area (Å²) < 4.78 is 2.31. The Morgan fingerprint density at radius 3 is 2.73 bits per heavy atom. The zero-order valence-electron chi connectivity index (χ0n) is 9.42. The summed E-state index contributed by atoms with van der Waals surface area (Å²) in [4.78, 5) is 0. The standard InChI is InChI=1S/C12H19N3/c1-9-11-7-13-8-12(11)14-15(9)10-5-3-2-4-6-10/h10,13H,2-8H2,1H3. The van der Waals surface area contributed by atoms with Crippen LogP contribution in [0.5, 0.6) is 0 Å². The van der Waals surface area contributed by atoms with Crippen molar-refractivity contribution in [3.05, 3.63) is 17.0 Å². The van der Waals surface area contributed by atoms with Gasteiger partial charge in [-0.15, -0.1) is 0 Å². The SMILES string of the molecule is Cc1c2c(nn1C1CCCCC1)CNC2. The van der Waals surface area contributed by atoms with Crippen LogP contribution in [0.4, 0.5) is 0 Å². The average molecular weight is 205 g/mol. The summed E-state index contributed by atoms with van der Waals surface area (Å²) in [5.74, 6) is 0. The van der Waals surface area contributed by atoms with E-state index in [0.29, 0.717) is 6.04 Å². The normalized spacial score (nSPS) is 21.9. The lowest BCUT2D eigenvalue weighted by Crippen LogP contribution is -2.17. The van der Waals surface area contributed by atoms with Crippen LogP contribution in [0, 0.1) is 6.92 Å². The molecule has 82 valence electrons. The lowest BCUT2D eigenvalue weighted by molar-refractivity contribution is 0.322. The Labute approximate surface area is 90.9 Å². The van der Waals surface area contributed by atoms with E-state index in [1.165, 1.54) is 49.1 Å². The Balaban J connectivity index is 1.91. The number of aromatic nitrogens is 2. The maximum atomic E-state index is 4.77. The molecule has 0 spiro atoms. The molecule has 3 nitrogen and oxygen atoms in total. The highest BCUT2D eigenvalue weighted by molar-refractivity contribution is 5.28. The molecule has 1 N–H and O–H groups in total. The van der Waals surface area contributed by atoms with Crippen molar-refractivity contribution >= 4 is 0 Å². The third kappa shape index (κ3) is 1.49. The third-order valence-corrected chi connectivity index (χ3v) is 3.87. The Bertz CT molecular complexity index is 361. The van der Waals surface area contributed by atoms with Gasteiger partial charge in [0.2, 0.25) is 0 Å². The molecule has 0 amide bonds. The van der Waals surface area contributed by atoms with E-state index in [0.717, 1.165) is 13.1 Å². The molecule has 1 aliphatic heterocycles. The van der Waals surface area contributed by atoms with E-state index in [9.17, 15) is 0 Å². The van der Waals surface area contributed by atoms with Gasteiger partial charge in [0, 0.05) is 24.3 Å². The second-order valence-corrected chi connectivity index (χ2v) is 4.85. The molecule has 1 aromatic rings. The van der Waals surface area contributed by atoms with Crippen molar-refractivity contribution in [3.63, 3.8) is 0 Å². The van der Waals surface area contributed by atoms with Crippen molar-refractivity contribution in [2.24, 2.45) is 0 Å². The summed E-state index contributed by atoms with van der Waals surface area (Å²) in [7, 11) is 0. The number of nitrogens with one attached hydrogen (secondary N) is 1. The van der Waals surface area contributed by atoms with Crippen LogP contribution in [0.2, 0.25) is 0 Å². The van der Waals surface area contributed by atoms with Crippen LogP contribution in [0.1, 0.15) is 55.1 Å². The van der Waals surface area contributed by atoms with Crippen molar-refractivity contribution in [1.29, 1.82) is 0 Å². The summed E-state index contributed by atoms with van der Waals surface area (Å²) in [6, 6.07) is 0.685. The summed E-state index contributed by atoms with van der Waals surface area (Å²) in [5, 5.41) is 8.13. The van der Waals surface area contributed by atoms with E-state index >= 15 is 0 Å². The number of rotatable bonds is 1. The first-order valence-electron chi connectivity index (χ1n) is 6.14. The van der Waals surface area contributed by atoms with Crippen LogP contribution in [0.3, 0.4) is 0 Å². The first-order valence-corrected chi connectivity index (χ1v) is 6.14. The zero-order valence-corrected chi connectivity index (χ0v) is 9.42. The Morgan fingerprint density at radius 2 is 2.00 bits per heavy atom. The van der Waals surface area contributed by atoms with E-state index in [1.807, 2.05) is 0 Å². The largest absolute Gasteiger partial charge is 0.307 e. The lowest BCUT2D eigenvalue weighted by atomic mass is 9.95. The van der Waals surface area contributed by atoms with Crippen molar-refractivity contribution < 1.29 is 0 Å². The molecule has 1 fully saturated rings. The molecular weight excluding hydrogens is 186 g/mol. The average Bonchev–Trinajstić information content (AvgIpc) is 2.83. The van der Waals surface area contributed by atoms with Crippen LogP contribution in [0.25, 0.3) is 0 Å². The molecule has 0 aromatic carbocycles. The third-order valence-electron chi connectivity index (χ3n) is 3.87. The van der Waals surface area contributed by atoms with Crippen molar-refractivity contribution in [2.45, 2.75) is 58.2 Å². The molecule has 3 heteroatoms. The molecule has 1 aliphatic carbocycles. The lowest BCUT2D eigenvalue weighted by Gasteiger charge is -2.23. The molecule has 2 heterocycles. The van der Waals surface area contributed by atoms with Gasteiger partial charge in [0.05, 0.1) is 11.7 Å². The highest BCUT2D eigenvalue weighted by atomic mass is 15.3. The predicted molar refractivity (Wildman–Crippen MR) is 59.6 cm³/mol. The van der Waals surface area contributed by atoms with Gasteiger partial charge in [-0.25, -0.2) is 0 Å². The van der Waals surface area contributed by atoms with E-state index in [-0.39, 0.29) is 0 Å². The van der Waals surface area contributed by atoms with Crippen LogP contribution in [0.15, 0.2) is 0 Å². The maximum absolute atomic E-state index is 4.77. The Morgan fingerprint density at radius 1 is 1.20 bits per heavy atom. The molecule has 0 unspecified atom stereocenters. The van der Waals surface area contributed by atoms with Crippen LogP contribution in [-0.4, -0.2) is 9.78 Å². The number of hydrogen-bond acceptors (Lipinski definition) is 2. The maximum Gasteiger partial charge on any atom is 0.0810 e. The fourth-order valence-corrected chi connectivity index (χ4v) is 2.97. The second-order valence-electron chi connectivity index (χ2n) is 4.85. The molecule has 15 heavy (non-hydrogen) atoms. The van der Waals surface area contributed by atoms with E-state index < -0.39 is 0 Å². The van der Waals surface area contributed by atoms with Crippen molar-refractivity contribution in [2.75, 3.05) is 0 Å². The van der Waals surface area contributed by atoms with Crippen LogP contribution < -0.4 is 5.32 Å². The summed E-state index contributed by atoms with van der Waals surface area (Å²) in [5.41, 5.74) is 4.15. The predicted octanol–water partition coefficient (Wildman–Crippen LogP) is 2.30. The Hall–Kier alpha value is -0.830. The van der Waals surface area contributed by atoms with Crippen molar-refractivity contribution in [1.82, 2.24) is 15.1 Å². The van der Waals surface area contributed by atoms with Gasteiger partial charge in [-0.1, -0.05) is 19.3 Å². The van der Waals surface area contributed by atoms with Gasteiger partial charge in [-0.3, -0.25) is 4.68 Å². The minimum atomic E-state index is 0.685. The van der Waals surface area contributed by atoms with E-state index in [2.05, 4.69) is 16.9 Å². The smallest absolute Gasteiger partial charge is 0.0810 e. The molecular formula is C12H19N3. The summed E-state index contributed by atoms with van der Waals surface area (Å²) in [6.07, 6.45) is 6.83. The minimum Gasteiger partial charge on any atom is -0.307 e. The number of hydrogen-bond donors (Lipinski definition) is 1. The molecule has 1 saturated carbocycles. The Kier molecular flexibility index (Phi) is 2.28. The summed E-state index contributed by atoms with van der Waals surface area (Å²) >= 11 is 0. The van der Waals surface area contributed by atoms with Crippen LogP contribution in [-0.2, 0) is 13.1 Å². The topological polar surface area (TPSA) is 29.9 Å². The van der Waals surface area contributed by atoms with E-state index in [4.69, 9.17) is 5.10 Å². The quantitative estimate of drug-likeness (QED) is 0.762. The number of nitrogens with zero attached hydrogens (tertiary/aromatic N) is 2. The highest BCUT2D eigenvalue weighted by Crippen LogP contribution is 2.31. The molecule has 2 aliphatic rings. The molecule has 1 aromatic heterocycles. The second kappa shape index (κ2) is 3.63. The van der Waals surface area contributed by atoms with Gasteiger partial charge in [0.15, 0.2) is 0 Å². The van der Waals surface area contributed by atoms with Gasteiger partial charge in [-0.2, -0.15) is 5.10 Å². The van der Waals surface area contributed by atoms with Gasteiger partial charge in [-0.05, 0) is 19.8 Å². The van der Waals surface area contributed by atoms with Gasteiger partial charge >= 0.3 is 0 Å². The monoisotopic (exact) mass is 205 g/mol. The van der Waals surface area contributed by atoms with Crippen LogP contribution >= 0.6 is 0 Å². The first-order chi connectivity index (χ1) is 7.36. The fraction of sp³-hybridized carbons (Fsp3) is 0.750. The highest BCUT2D eigenvalue weighted by Gasteiger charge is 2.24. The minimum absolute atomic E-state index is 0.685. The summed E-state index contributed by atoms with van der Waals surface area (Å²) in [6.45, 7) is 4.22. The van der Waals surface area contributed by atoms with E-state index in [1.54, 1.807) is 0 Å². The molecule has 0 radical (unpaired) electrons.